The molecule has 0 spiro atoms. The molecule has 4 rings (SSSR count). The number of benzene rings is 2. The Bertz CT molecular complexity index is 1340. The van der Waals surface area contributed by atoms with Crippen molar-refractivity contribution in [3.63, 3.8) is 0 Å². The number of carbonyl (C=O) groups excluding carboxylic acids is 1. The van der Waals surface area contributed by atoms with Crippen LogP contribution in [0.4, 0.5) is 0 Å². The summed E-state index contributed by atoms with van der Waals surface area (Å²) in [5, 5.41) is 15.0. The third kappa shape index (κ3) is 4.25. The van der Waals surface area contributed by atoms with E-state index < -0.39 is 0 Å². The van der Waals surface area contributed by atoms with E-state index in [0.29, 0.717) is 39.6 Å². The van der Waals surface area contributed by atoms with Crippen molar-refractivity contribution in [3.8, 4) is 23.0 Å². The van der Waals surface area contributed by atoms with Crippen LogP contribution in [0.1, 0.15) is 21.5 Å². The van der Waals surface area contributed by atoms with Crippen molar-refractivity contribution in [3.05, 3.63) is 105 Å². The van der Waals surface area contributed by atoms with Crippen LogP contribution in [0.5, 0.6) is 0 Å². The van der Waals surface area contributed by atoms with Gasteiger partial charge in [-0.05, 0) is 29.8 Å². The van der Waals surface area contributed by atoms with Crippen LogP contribution in [-0.2, 0) is 6.54 Å². The van der Waals surface area contributed by atoms with Crippen molar-refractivity contribution in [2.24, 2.45) is 0 Å². The molecular formula is C23H16ClN5O2. The Kier molecular flexibility index (Phi) is 5.65. The third-order valence-electron chi connectivity index (χ3n) is 4.69. The largest absolute Gasteiger partial charge is 0.348 e. The van der Waals surface area contributed by atoms with Gasteiger partial charge in [-0.15, -0.1) is 0 Å². The molecule has 0 bridgehead atoms. The number of amides is 1. The fraction of sp³-hybridized carbons (Fsp3) is 0.0435. The van der Waals surface area contributed by atoms with Crippen molar-refractivity contribution < 1.29 is 4.79 Å². The number of hydrogen-bond acceptors (Lipinski definition) is 4. The number of aromatic nitrogens is 3. The zero-order valence-electron chi connectivity index (χ0n) is 16.2. The molecule has 7 nitrogen and oxygen atoms in total. The van der Waals surface area contributed by atoms with Crippen LogP contribution < -0.4 is 10.9 Å². The zero-order chi connectivity index (χ0) is 21.8. The Labute approximate surface area is 182 Å². The smallest absolute Gasteiger partial charge is 0.280 e. The van der Waals surface area contributed by atoms with Crippen LogP contribution >= 0.6 is 11.6 Å². The summed E-state index contributed by atoms with van der Waals surface area (Å²) in [6.07, 6.45) is 2.94. The van der Waals surface area contributed by atoms with Gasteiger partial charge in [-0.1, -0.05) is 48.0 Å². The van der Waals surface area contributed by atoms with Crippen LogP contribution in [0.2, 0.25) is 5.02 Å². The second-order valence-electron chi connectivity index (χ2n) is 6.71. The predicted molar refractivity (Wildman–Crippen MR) is 117 cm³/mol. The number of rotatable bonds is 5. The summed E-state index contributed by atoms with van der Waals surface area (Å²) < 4.78 is 1.26. The van der Waals surface area contributed by atoms with Crippen LogP contribution in [0, 0.1) is 11.3 Å². The molecule has 2 aromatic carbocycles. The van der Waals surface area contributed by atoms with Gasteiger partial charge in [-0.3, -0.25) is 14.7 Å². The molecule has 31 heavy (non-hydrogen) atoms. The molecule has 0 aliphatic rings. The van der Waals surface area contributed by atoms with Crippen molar-refractivity contribution in [2.45, 2.75) is 6.54 Å². The minimum absolute atomic E-state index is 0.258. The Hall–Kier alpha value is -4.15. The monoisotopic (exact) mass is 429 g/mol. The number of nitrogens with zero attached hydrogens (tertiary/aromatic N) is 3. The minimum Gasteiger partial charge on any atom is -0.348 e. The van der Waals surface area contributed by atoms with Gasteiger partial charge in [-0.25, -0.2) is 9.67 Å². The molecule has 0 saturated heterocycles. The van der Waals surface area contributed by atoms with Crippen molar-refractivity contribution in [2.75, 3.05) is 0 Å². The van der Waals surface area contributed by atoms with Crippen LogP contribution in [-0.4, -0.2) is 20.7 Å². The summed E-state index contributed by atoms with van der Waals surface area (Å²) in [4.78, 5) is 29.4. The minimum atomic E-state index is -0.347. The molecule has 2 heterocycles. The SMILES string of the molecule is N#Cc1ccc(-c2c[nH]n(-c3ccc(C(=O)NCc4ccccc4)cn3)c2=O)c(Cl)c1. The standard InChI is InChI=1S/C23H16ClN5O2/c24-20-10-16(11-25)6-8-18(20)19-14-28-29(23(19)31)21-9-7-17(13-26-21)22(30)27-12-15-4-2-1-3-5-15/h1-10,13-14,28H,12H2,(H,27,30). The number of nitriles is 1. The fourth-order valence-electron chi connectivity index (χ4n) is 3.07. The summed E-state index contributed by atoms with van der Waals surface area (Å²) in [6, 6.07) is 19.5. The van der Waals surface area contributed by atoms with Gasteiger partial charge in [-0.2, -0.15) is 5.26 Å². The summed E-state index contributed by atoms with van der Waals surface area (Å²) in [5.41, 5.74) is 2.30. The van der Waals surface area contributed by atoms with Gasteiger partial charge in [0.2, 0.25) is 0 Å². The average molecular weight is 430 g/mol. The van der Waals surface area contributed by atoms with E-state index in [9.17, 15) is 9.59 Å². The van der Waals surface area contributed by atoms with E-state index in [1.165, 1.54) is 23.1 Å². The second-order valence-corrected chi connectivity index (χ2v) is 7.11. The van der Waals surface area contributed by atoms with Gasteiger partial charge in [0.1, 0.15) is 0 Å². The molecule has 8 heteroatoms. The first kappa shape index (κ1) is 20.1. The summed E-state index contributed by atoms with van der Waals surface area (Å²) in [7, 11) is 0. The first-order valence-corrected chi connectivity index (χ1v) is 9.73. The van der Waals surface area contributed by atoms with Gasteiger partial charge < -0.3 is 5.32 Å². The zero-order valence-corrected chi connectivity index (χ0v) is 16.9. The molecule has 0 aliphatic heterocycles. The van der Waals surface area contributed by atoms with Crippen LogP contribution in [0.25, 0.3) is 16.9 Å². The van der Waals surface area contributed by atoms with Crippen molar-refractivity contribution in [1.82, 2.24) is 20.1 Å². The Balaban J connectivity index is 1.53. The lowest BCUT2D eigenvalue weighted by atomic mass is 10.1. The average Bonchev–Trinajstić information content (AvgIpc) is 3.19. The highest BCUT2D eigenvalue weighted by Gasteiger charge is 2.14. The molecule has 4 aromatic rings. The number of nitrogens with one attached hydrogen (secondary N) is 2. The molecule has 0 fully saturated rings. The number of hydrogen-bond donors (Lipinski definition) is 2. The molecule has 0 saturated carbocycles. The van der Waals surface area contributed by atoms with E-state index in [0.717, 1.165) is 5.56 Å². The lowest BCUT2D eigenvalue weighted by Gasteiger charge is -2.06. The summed E-state index contributed by atoms with van der Waals surface area (Å²) in [6.45, 7) is 0.409. The number of pyridine rings is 1. The van der Waals surface area contributed by atoms with E-state index in [4.69, 9.17) is 16.9 Å². The molecule has 0 aliphatic carbocycles. The van der Waals surface area contributed by atoms with Crippen molar-refractivity contribution in [1.29, 1.82) is 5.26 Å². The lowest BCUT2D eigenvalue weighted by Crippen LogP contribution is -2.23. The summed E-state index contributed by atoms with van der Waals surface area (Å²) in [5.74, 6) is 0.0763. The molecule has 0 unspecified atom stereocenters. The highest BCUT2D eigenvalue weighted by atomic mass is 35.5. The van der Waals surface area contributed by atoms with Gasteiger partial charge in [0.15, 0.2) is 5.82 Å². The Morgan fingerprint density at radius 1 is 1.13 bits per heavy atom. The van der Waals surface area contributed by atoms with Gasteiger partial charge in [0.25, 0.3) is 11.5 Å². The van der Waals surface area contributed by atoms with E-state index in [2.05, 4.69) is 15.4 Å². The molecule has 0 atom stereocenters. The molecule has 0 radical (unpaired) electrons. The van der Waals surface area contributed by atoms with E-state index >= 15 is 0 Å². The van der Waals surface area contributed by atoms with Crippen LogP contribution in [0.15, 0.2) is 77.9 Å². The van der Waals surface area contributed by atoms with Gasteiger partial charge >= 0.3 is 0 Å². The highest BCUT2D eigenvalue weighted by molar-refractivity contribution is 6.33. The number of aromatic amines is 1. The normalized spacial score (nSPS) is 10.5. The maximum absolute atomic E-state index is 12.8. The number of halogens is 1. The Morgan fingerprint density at radius 3 is 2.61 bits per heavy atom. The van der Waals surface area contributed by atoms with Gasteiger partial charge in [0, 0.05) is 29.5 Å². The second kappa shape index (κ2) is 8.69. The fourth-order valence-corrected chi connectivity index (χ4v) is 3.35. The molecule has 1 amide bonds. The summed E-state index contributed by atoms with van der Waals surface area (Å²) >= 11 is 6.23. The molecule has 152 valence electrons. The topological polar surface area (TPSA) is 104 Å². The van der Waals surface area contributed by atoms with E-state index in [1.54, 1.807) is 24.3 Å². The van der Waals surface area contributed by atoms with E-state index in [1.807, 2.05) is 36.4 Å². The quantitative estimate of drug-likeness (QED) is 0.505. The van der Waals surface area contributed by atoms with Crippen LogP contribution in [0.3, 0.4) is 0 Å². The molecule has 2 N–H and O–H groups in total. The first-order valence-electron chi connectivity index (χ1n) is 9.36. The Morgan fingerprint density at radius 2 is 1.94 bits per heavy atom. The third-order valence-corrected chi connectivity index (χ3v) is 5.01. The van der Waals surface area contributed by atoms with Gasteiger partial charge in [0.05, 0.1) is 22.8 Å². The lowest BCUT2D eigenvalue weighted by molar-refractivity contribution is 0.0950. The first-order chi connectivity index (χ1) is 15.1. The maximum atomic E-state index is 12.8. The van der Waals surface area contributed by atoms with Crippen molar-refractivity contribution >= 4 is 17.5 Å². The number of H-pyrrole nitrogens is 1. The maximum Gasteiger partial charge on any atom is 0.280 e. The predicted octanol–water partition coefficient (Wildman–Crippen LogP) is 3.68. The molecule has 2 aromatic heterocycles. The van der Waals surface area contributed by atoms with E-state index in [-0.39, 0.29) is 11.5 Å². The molecular weight excluding hydrogens is 414 g/mol. The number of carbonyl (C=O) groups is 1. The highest BCUT2D eigenvalue weighted by Crippen LogP contribution is 2.26.